The molecule has 0 saturated heterocycles. The van der Waals surface area contributed by atoms with E-state index in [0.29, 0.717) is 6.54 Å². The largest absolute Gasteiger partial charge is 0.349 e. The van der Waals surface area contributed by atoms with Crippen LogP contribution in [0.15, 0.2) is 24.4 Å². The molecule has 15 heavy (non-hydrogen) atoms. The van der Waals surface area contributed by atoms with Gasteiger partial charge in [-0.25, -0.2) is 0 Å². The normalized spacial score (nSPS) is 11.1. The van der Waals surface area contributed by atoms with E-state index in [1.807, 2.05) is 32.0 Å². The number of pyridine rings is 1. The van der Waals surface area contributed by atoms with Crippen LogP contribution in [0.25, 0.3) is 0 Å². The summed E-state index contributed by atoms with van der Waals surface area (Å²) in [5.74, 6) is -0.0318. The lowest BCUT2D eigenvalue weighted by atomic mass is 10.1. The van der Waals surface area contributed by atoms with E-state index in [0.717, 1.165) is 5.69 Å². The van der Waals surface area contributed by atoms with Crippen LogP contribution < -0.4 is 10.6 Å². The molecule has 4 heteroatoms. The first kappa shape index (κ1) is 11.7. The second kappa shape index (κ2) is 4.89. The first-order chi connectivity index (χ1) is 7.06. The highest BCUT2D eigenvalue weighted by molar-refractivity contribution is 5.85. The Morgan fingerprint density at radius 1 is 1.47 bits per heavy atom. The lowest BCUT2D eigenvalue weighted by Crippen LogP contribution is -2.50. The summed E-state index contributed by atoms with van der Waals surface area (Å²) in [7, 11) is 1.76. The third-order valence-electron chi connectivity index (χ3n) is 2.35. The fourth-order valence-corrected chi connectivity index (χ4v) is 1.01. The van der Waals surface area contributed by atoms with Crippen molar-refractivity contribution in [2.45, 2.75) is 25.9 Å². The molecule has 0 radical (unpaired) electrons. The third kappa shape index (κ3) is 3.32. The highest BCUT2D eigenvalue weighted by atomic mass is 16.2. The molecule has 0 spiro atoms. The van der Waals surface area contributed by atoms with Crippen molar-refractivity contribution in [2.75, 3.05) is 7.05 Å². The van der Waals surface area contributed by atoms with Crippen LogP contribution in [0, 0.1) is 0 Å². The molecule has 0 aliphatic heterocycles. The van der Waals surface area contributed by atoms with Gasteiger partial charge in [-0.15, -0.1) is 0 Å². The Kier molecular flexibility index (Phi) is 3.80. The number of aromatic nitrogens is 1. The molecule has 1 aromatic rings. The molecule has 4 nitrogen and oxygen atoms in total. The Morgan fingerprint density at radius 3 is 2.73 bits per heavy atom. The number of carbonyl (C=O) groups is 1. The summed E-state index contributed by atoms with van der Waals surface area (Å²) in [6.45, 7) is 4.13. The summed E-state index contributed by atoms with van der Waals surface area (Å²) in [6, 6.07) is 5.63. The summed E-state index contributed by atoms with van der Waals surface area (Å²) >= 11 is 0. The summed E-state index contributed by atoms with van der Waals surface area (Å²) in [6.07, 6.45) is 1.71. The molecule has 0 aliphatic carbocycles. The van der Waals surface area contributed by atoms with Crippen LogP contribution in [-0.4, -0.2) is 23.5 Å². The molecule has 0 saturated carbocycles. The molecule has 0 unspecified atom stereocenters. The maximum atomic E-state index is 11.7. The van der Waals surface area contributed by atoms with Crippen molar-refractivity contribution in [1.82, 2.24) is 15.6 Å². The predicted octanol–water partition coefficient (Wildman–Crippen LogP) is 0.696. The average Bonchev–Trinajstić information content (AvgIpc) is 2.27. The summed E-state index contributed by atoms with van der Waals surface area (Å²) in [5, 5.41) is 5.77. The van der Waals surface area contributed by atoms with Crippen LogP contribution in [0.1, 0.15) is 19.5 Å². The number of carbonyl (C=O) groups excluding carboxylic acids is 1. The second-order valence-electron chi connectivity index (χ2n) is 3.88. The van der Waals surface area contributed by atoms with Gasteiger partial charge in [0.1, 0.15) is 0 Å². The fourth-order valence-electron chi connectivity index (χ4n) is 1.01. The van der Waals surface area contributed by atoms with Crippen molar-refractivity contribution in [3.8, 4) is 0 Å². The van der Waals surface area contributed by atoms with E-state index in [2.05, 4.69) is 15.6 Å². The Hall–Kier alpha value is -1.42. The van der Waals surface area contributed by atoms with E-state index in [4.69, 9.17) is 0 Å². The van der Waals surface area contributed by atoms with E-state index in [-0.39, 0.29) is 5.91 Å². The van der Waals surface area contributed by atoms with Gasteiger partial charge in [-0.05, 0) is 33.0 Å². The van der Waals surface area contributed by atoms with E-state index < -0.39 is 5.54 Å². The highest BCUT2D eigenvalue weighted by Crippen LogP contribution is 2.01. The monoisotopic (exact) mass is 207 g/mol. The van der Waals surface area contributed by atoms with Gasteiger partial charge in [0.2, 0.25) is 5.91 Å². The molecule has 1 heterocycles. The van der Waals surface area contributed by atoms with Gasteiger partial charge in [-0.3, -0.25) is 9.78 Å². The second-order valence-corrected chi connectivity index (χ2v) is 3.88. The van der Waals surface area contributed by atoms with Crippen LogP contribution in [0.5, 0.6) is 0 Å². The van der Waals surface area contributed by atoms with Crippen molar-refractivity contribution < 1.29 is 4.79 Å². The summed E-state index contributed by atoms with van der Waals surface area (Å²) in [4.78, 5) is 15.8. The van der Waals surface area contributed by atoms with Crippen molar-refractivity contribution in [1.29, 1.82) is 0 Å². The zero-order chi connectivity index (χ0) is 11.3. The van der Waals surface area contributed by atoms with E-state index in [1.54, 1.807) is 13.2 Å². The van der Waals surface area contributed by atoms with Gasteiger partial charge in [0.25, 0.3) is 0 Å². The number of hydrogen-bond donors (Lipinski definition) is 2. The predicted molar refractivity (Wildman–Crippen MR) is 59.2 cm³/mol. The minimum absolute atomic E-state index is 0.0318. The van der Waals surface area contributed by atoms with Crippen molar-refractivity contribution in [3.05, 3.63) is 30.1 Å². The Balaban J connectivity index is 2.48. The van der Waals surface area contributed by atoms with Crippen LogP contribution in [0.4, 0.5) is 0 Å². The highest BCUT2D eigenvalue weighted by Gasteiger charge is 2.24. The molecule has 1 rings (SSSR count). The van der Waals surface area contributed by atoms with E-state index >= 15 is 0 Å². The first-order valence-corrected chi connectivity index (χ1v) is 4.93. The minimum atomic E-state index is -0.547. The van der Waals surface area contributed by atoms with E-state index in [1.165, 1.54) is 0 Å². The lowest BCUT2D eigenvalue weighted by molar-refractivity contribution is -0.126. The van der Waals surface area contributed by atoms with Crippen LogP contribution in [-0.2, 0) is 11.3 Å². The van der Waals surface area contributed by atoms with Crippen LogP contribution in [0.3, 0.4) is 0 Å². The van der Waals surface area contributed by atoms with E-state index in [9.17, 15) is 4.79 Å². The maximum absolute atomic E-state index is 11.7. The minimum Gasteiger partial charge on any atom is -0.349 e. The molecule has 0 bridgehead atoms. The molecular weight excluding hydrogens is 190 g/mol. The average molecular weight is 207 g/mol. The SMILES string of the molecule is CNC(C)(C)C(=O)NCc1ccccn1. The molecule has 2 N–H and O–H groups in total. The Morgan fingerprint density at radius 2 is 2.20 bits per heavy atom. The van der Waals surface area contributed by atoms with Crippen molar-refractivity contribution >= 4 is 5.91 Å². The van der Waals surface area contributed by atoms with Crippen LogP contribution in [0.2, 0.25) is 0 Å². The van der Waals surface area contributed by atoms with Crippen LogP contribution >= 0.6 is 0 Å². The maximum Gasteiger partial charge on any atom is 0.240 e. The Labute approximate surface area is 90.1 Å². The third-order valence-corrected chi connectivity index (χ3v) is 2.35. The molecular formula is C11H17N3O. The number of hydrogen-bond acceptors (Lipinski definition) is 3. The van der Waals surface area contributed by atoms with Gasteiger partial charge >= 0.3 is 0 Å². The number of nitrogens with zero attached hydrogens (tertiary/aromatic N) is 1. The lowest BCUT2D eigenvalue weighted by Gasteiger charge is -2.22. The fraction of sp³-hybridized carbons (Fsp3) is 0.455. The number of nitrogens with one attached hydrogen (secondary N) is 2. The van der Waals surface area contributed by atoms with Gasteiger partial charge < -0.3 is 10.6 Å². The Bertz CT molecular complexity index is 322. The molecule has 0 fully saturated rings. The van der Waals surface area contributed by atoms with Gasteiger partial charge in [0.05, 0.1) is 17.8 Å². The molecule has 1 amide bonds. The zero-order valence-corrected chi connectivity index (χ0v) is 9.37. The van der Waals surface area contributed by atoms with Crippen molar-refractivity contribution in [2.24, 2.45) is 0 Å². The smallest absolute Gasteiger partial charge is 0.240 e. The standard InChI is InChI=1S/C11H17N3O/c1-11(2,12-3)10(15)14-8-9-6-4-5-7-13-9/h4-7,12H,8H2,1-3H3,(H,14,15). The molecule has 0 atom stereocenters. The first-order valence-electron chi connectivity index (χ1n) is 4.93. The van der Waals surface area contributed by atoms with Gasteiger partial charge in [-0.1, -0.05) is 6.07 Å². The van der Waals surface area contributed by atoms with Gasteiger partial charge in [0, 0.05) is 6.20 Å². The number of likely N-dealkylation sites (N-methyl/N-ethyl adjacent to an activating group) is 1. The quantitative estimate of drug-likeness (QED) is 0.764. The zero-order valence-electron chi connectivity index (χ0n) is 9.37. The summed E-state index contributed by atoms with van der Waals surface area (Å²) < 4.78 is 0. The topological polar surface area (TPSA) is 54.0 Å². The van der Waals surface area contributed by atoms with Crippen molar-refractivity contribution in [3.63, 3.8) is 0 Å². The number of amides is 1. The number of rotatable bonds is 4. The van der Waals surface area contributed by atoms with Gasteiger partial charge in [-0.2, -0.15) is 0 Å². The molecule has 82 valence electrons. The molecule has 0 aromatic carbocycles. The summed E-state index contributed by atoms with van der Waals surface area (Å²) in [5.41, 5.74) is 0.312. The molecule has 0 aliphatic rings. The molecule has 1 aromatic heterocycles. The van der Waals surface area contributed by atoms with Gasteiger partial charge in [0.15, 0.2) is 0 Å².